The zero-order valence-electron chi connectivity index (χ0n) is 9.97. The average Bonchev–Trinajstić information content (AvgIpc) is 2.19. The van der Waals surface area contributed by atoms with E-state index in [1.165, 1.54) is 0 Å². The van der Waals surface area contributed by atoms with Gasteiger partial charge in [-0.05, 0) is 26.7 Å². The molecule has 0 aliphatic carbocycles. The number of hydrogen-bond acceptors (Lipinski definition) is 1. The first-order valence-corrected chi connectivity index (χ1v) is 5.71. The van der Waals surface area contributed by atoms with E-state index in [9.17, 15) is 4.79 Å². The summed E-state index contributed by atoms with van der Waals surface area (Å²) in [5.41, 5.74) is 0. The van der Waals surface area contributed by atoms with Gasteiger partial charge in [-0.1, -0.05) is 20.3 Å². The monoisotopic (exact) mass is 200 g/mol. The third-order valence-corrected chi connectivity index (χ3v) is 2.53. The molecule has 84 valence electrons. The van der Waals surface area contributed by atoms with Crippen LogP contribution in [0.1, 0.15) is 47.0 Å². The summed E-state index contributed by atoms with van der Waals surface area (Å²) >= 11 is 0. The SMILES string of the molecule is CCCCNC(=O)N(CC)C(C)CC. The Morgan fingerprint density at radius 3 is 2.43 bits per heavy atom. The molecule has 0 aromatic rings. The van der Waals surface area contributed by atoms with Crippen molar-refractivity contribution < 1.29 is 4.79 Å². The highest BCUT2D eigenvalue weighted by molar-refractivity contribution is 5.74. The minimum absolute atomic E-state index is 0.0790. The molecule has 0 spiro atoms. The highest BCUT2D eigenvalue weighted by Crippen LogP contribution is 2.02. The molecule has 0 aromatic carbocycles. The Morgan fingerprint density at radius 1 is 1.36 bits per heavy atom. The standard InChI is InChI=1S/C11H24N2O/c1-5-8-9-12-11(14)13(7-3)10(4)6-2/h10H,5-9H2,1-4H3,(H,12,14). The van der Waals surface area contributed by atoms with E-state index >= 15 is 0 Å². The molecule has 3 nitrogen and oxygen atoms in total. The Hall–Kier alpha value is -0.730. The molecule has 0 saturated carbocycles. The van der Waals surface area contributed by atoms with Crippen molar-refractivity contribution in [1.82, 2.24) is 10.2 Å². The van der Waals surface area contributed by atoms with Gasteiger partial charge in [0.05, 0.1) is 0 Å². The smallest absolute Gasteiger partial charge is 0.317 e. The minimum atomic E-state index is 0.0790. The second kappa shape index (κ2) is 7.65. The minimum Gasteiger partial charge on any atom is -0.338 e. The topological polar surface area (TPSA) is 32.3 Å². The lowest BCUT2D eigenvalue weighted by molar-refractivity contribution is 0.181. The van der Waals surface area contributed by atoms with Crippen molar-refractivity contribution in [3.63, 3.8) is 0 Å². The van der Waals surface area contributed by atoms with E-state index in [0.29, 0.717) is 6.04 Å². The van der Waals surface area contributed by atoms with Gasteiger partial charge in [0, 0.05) is 19.1 Å². The van der Waals surface area contributed by atoms with Gasteiger partial charge in [0.15, 0.2) is 0 Å². The number of carbonyl (C=O) groups excluding carboxylic acids is 1. The van der Waals surface area contributed by atoms with Gasteiger partial charge in [-0.15, -0.1) is 0 Å². The summed E-state index contributed by atoms with van der Waals surface area (Å²) < 4.78 is 0. The molecular weight excluding hydrogens is 176 g/mol. The van der Waals surface area contributed by atoms with Gasteiger partial charge < -0.3 is 10.2 Å². The van der Waals surface area contributed by atoms with Gasteiger partial charge in [0.1, 0.15) is 0 Å². The normalized spacial score (nSPS) is 12.3. The van der Waals surface area contributed by atoms with Crippen LogP contribution in [0.5, 0.6) is 0 Å². The Bertz CT molecular complexity index is 159. The summed E-state index contributed by atoms with van der Waals surface area (Å²) in [5.74, 6) is 0. The Balaban J connectivity index is 3.91. The Kier molecular flexibility index (Phi) is 7.25. The van der Waals surface area contributed by atoms with Crippen LogP contribution in [0.3, 0.4) is 0 Å². The zero-order chi connectivity index (χ0) is 11.0. The van der Waals surface area contributed by atoms with Crippen LogP contribution < -0.4 is 5.32 Å². The largest absolute Gasteiger partial charge is 0.338 e. The molecule has 3 heteroatoms. The molecule has 1 unspecified atom stereocenters. The molecule has 1 N–H and O–H groups in total. The number of unbranched alkanes of at least 4 members (excludes halogenated alkanes) is 1. The van der Waals surface area contributed by atoms with Crippen molar-refractivity contribution in [2.24, 2.45) is 0 Å². The maximum Gasteiger partial charge on any atom is 0.317 e. The highest BCUT2D eigenvalue weighted by Gasteiger charge is 2.15. The summed E-state index contributed by atoms with van der Waals surface area (Å²) in [7, 11) is 0. The van der Waals surface area contributed by atoms with Crippen LogP contribution in [0.25, 0.3) is 0 Å². The van der Waals surface area contributed by atoms with Gasteiger partial charge in [-0.25, -0.2) is 4.79 Å². The van der Waals surface area contributed by atoms with Crippen molar-refractivity contribution >= 4 is 6.03 Å². The van der Waals surface area contributed by atoms with Crippen LogP contribution in [-0.2, 0) is 0 Å². The fraction of sp³-hybridized carbons (Fsp3) is 0.909. The van der Waals surface area contributed by atoms with Gasteiger partial charge in [-0.3, -0.25) is 0 Å². The van der Waals surface area contributed by atoms with Crippen molar-refractivity contribution in [2.45, 2.75) is 53.0 Å². The van der Waals surface area contributed by atoms with Crippen molar-refractivity contribution in [3.05, 3.63) is 0 Å². The molecule has 1 atom stereocenters. The number of hydrogen-bond donors (Lipinski definition) is 1. The molecule has 0 aliphatic rings. The predicted octanol–water partition coefficient (Wildman–Crippen LogP) is 2.62. The van der Waals surface area contributed by atoms with Crippen molar-refractivity contribution in [3.8, 4) is 0 Å². The highest BCUT2D eigenvalue weighted by atomic mass is 16.2. The molecular formula is C11H24N2O. The lowest BCUT2D eigenvalue weighted by Crippen LogP contribution is -2.44. The summed E-state index contributed by atoms with van der Waals surface area (Å²) in [6.07, 6.45) is 3.19. The van der Waals surface area contributed by atoms with Crippen LogP contribution in [0.2, 0.25) is 0 Å². The number of nitrogens with one attached hydrogen (secondary N) is 1. The number of nitrogens with zero attached hydrogens (tertiary/aromatic N) is 1. The van der Waals surface area contributed by atoms with Gasteiger partial charge in [0.2, 0.25) is 0 Å². The fourth-order valence-corrected chi connectivity index (χ4v) is 1.35. The molecule has 0 aromatic heterocycles. The van der Waals surface area contributed by atoms with Crippen LogP contribution in [-0.4, -0.2) is 30.1 Å². The number of urea groups is 1. The summed E-state index contributed by atoms with van der Waals surface area (Å²) in [6.45, 7) is 9.91. The van der Waals surface area contributed by atoms with Crippen molar-refractivity contribution in [1.29, 1.82) is 0 Å². The molecule has 0 heterocycles. The number of rotatable bonds is 6. The van der Waals surface area contributed by atoms with E-state index in [1.54, 1.807) is 0 Å². The average molecular weight is 200 g/mol. The van der Waals surface area contributed by atoms with E-state index in [4.69, 9.17) is 0 Å². The van der Waals surface area contributed by atoms with Gasteiger partial charge in [0.25, 0.3) is 0 Å². The maximum atomic E-state index is 11.7. The third-order valence-electron chi connectivity index (χ3n) is 2.53. The second-order valence-electron chi connectivity index (χ2n) is 3.63. The molecule has 2 amide bonds. The molecule has 0 aliphatic heterocycles. The number of amides is 2. The van der Waals surface area contributed by atoms with E-state index < -0.39 is 0 Å². The molecule has 0 bridgehead atoms. The van der Waals surface area contributed by atoms with E-state index in [2.05, 4.69) is 26.1 Å². The molecule has 0 rings (SSSR count). The molecule has 0 saturated heterocycles. The Labute approximate surface area is 87.9 Å². The third kappa shape index (κ3) is 4.49. The quantitative estimate of drug-likeness (QED) is 0.657. The van der Waals surface area contributed by atoms with E-state index in [0.717, 1.165) is 32.4 Å². The Morgan fingerprint density at radius 2 is 2.00 bits per heavy atom. The molecule has 0 fully saturated rings. The maximum absolute atomic E-state index is 11.7. The van der Waals surface area contributed by atoms with Crippen LogP contribution >= 0.6 is 0 Å². The lowest BCUT2D eigenvalue weighted by atomic mass is 10.2. The van der Waals surface area contributed by atoms with Crippen LogP contribution in [0.4, 0.5) is 4.79 Å². The summed E-state index contributed by atoms with van der Waals surface area (Å²) in [6, 6.07) is 0.414. The van der Waals surface area contributed by atoms with Crippen molar-refractivity contribution in [2.75, 3.05) is 13.1 Å². The first-order chi connectivity index (χ1) is 6.67. The summed E-state index contributed by atoms with van der Waals surface area (Å²) in [4.78, 5) is 13.5. The molecule has 0 radical (unpaired) electrons. The first-order valence-electron chi connectivity index (χ1n) is 5.71. The lowest BCUT2D eigenvalue weighted by Gasteiger charge is -2.27. The fourth-order valence-electron chi connectivity index (χ4n) is 1.35. The van der Waals surface area contributed by atoms with E-state index in [1.807, 2.05) is 11.8 Å². The number of carbonyl (C=O) groups is 1. The van der Waals surface area contributed by atoms with Gasteiger partial charge >= 0.3 is 6.03 Å². The molecule has 14 heavy (non-hydrogen) atoms. The van der Waals surface area contributed by atoms with Crippen LogP contribution in [0.15, 0.2) is 0 Å². The second-order valence-corrected chi connectivity index (χ2v) is 3.63. The first kappa shape index (κ1) is 13.3. The summed E-state index contributed by atoms with van der Waals surface area (Å²) in [5, 5.41) is 2.94. The van der Waals surface area contributed by atoms with Crippen LogP contribution in [0, 0.1) is 0 Å². The zero-order valence-corrected chi connectivity index (χ0v) is 9.97. The van der Waals surface area contributed by atoms with Gasteiger partial charge in [-0.2, -0.15) is 0 Å². The predicted molar refractivity (Wildman–Crippen MR) is 60.4 cm³/mol. The van der Waals surface area contributed by atoms with E-state index in [-0.39, 0.29) is 6.03 Å².